The van der Waals surface area contributed by atoms with Crippen LogP contribution in [0.1, 0.15) is 19.5 Å². The quantitative estimate of drug-likeness (QED) is 0.637. The second-order valence-electron chi connectivity index (χ2n) is 4.99. The molecule has 22 heavy (non-hydrogen) atoms. The van der Waals surface area contributed by atoms with Crippen LogP contribution in [0.4, 0.5) is 0 Å². The summed E-state index contributed by atoms with van der Waals surface area (Å²) in [5.41, 5.74) is 0.364. The number of nitriles is 1. The smallest absolute Gasteiger partial charge is 0.220 e. The van der Waals surface area contributed by atoms with Gasteiger partial charge in [0, 0.05) is 22.8 Å². The SMILES string of the molecule is CC(C)CSc1ccc(Oc2ccc(Cl)c(Cl)c2)nc1C#N. The van der Waals surface area contributed by atoms with Gasteiger partial charge < -0.3 is 4.74 Å². The molecule has 0 amide bonds. The highest BCUT2D eigenvalue weighted by molar-refractivity contribution is 7.99. The van der Waals surface area contributed by atoms with E-state index in [2.05, 4.69) is 24.9 Å². The van der Waals surface area contributed by atoms with E-state index in [1.165, 1.54) is 0 Å². The second-order valence-corrected chi connectivity index (χ2v) is 6.87. The van der Waals surface area contributed by atoms with E-state index in [1.54, 1.807) is 36.0 Å². The molecule has 0 atom stereocenters. The van der Waals surface area contributed by atoms with E-state index in [0.29, 0.717) is 33.3 Å². The average molecular weight is 353 g/mol. The summed E-state index contributed by atoms with van der Waals surface area (Å²) in [7, 11) is 0. The monoisotopic (exact) mass is 352 g/mol. The number of benzene rings is 1. The van der Waals surface area contributed by atoms with Gasteiger partial charge >= 0.3 is 0 Å². The Morgan fingerprint density at radius 1 is 1.23 bits per heavy atom. The first-order valence-corrected chi connectivity index (χ1v) is 8.40. The van der Waals surface area contributed by atoms with Gasteiger partial charge in [0.05, 0.1) is 10.0 Å². The van der Waals surface area contributed by atoms with Crippen molar-refractivity contribution in [3.63, 3.8) is 0 Å². The van der Waals surface area contributed by atoms with Crippen molar-refractivity contribution in [3.8, 4) is 17.7 Å². The molecule has 0 aliphatic heterocycles. The van der Waals surface area contributed by atoms with Crippen molar-refractivity contribution in [2.24, 2.45) is 5.92 Å². The van der Waals surface area contributed by atoms with E-state index in [4.69, 9.17) is 27.9 Å². The van der Waals surface area contributed by atoms with Gasteiger partial charge in [-0.2, -0.15) is 5.26 Å². The van der Waals surface area contributed by atoms with Crippen molar-refractivity contribution in [1.82, 2.24) is 4.98 Å². The third-order valence-electron chi connectivity index (χ3n) is 2.62. The van der Waals surface area contributed by atoms with Crippen LogP contribution in [0.3, 0.4) is 0 Å². The first-order chi connectivity index (χ1) is 10.5. The van der Waals surface area contributed by atoms with E-state index in [1.807, 2.05) is 6.07 Å². The van der Waals surface area contributed by atoms with Gasteiger partial charge in [0.25, 0.3) is 0 Å². The number of hydrogen-bond donors (Lipinski definition) is 0. The Morgan fingerprint density at radius 2 is 2.00 bits per heavy atom. The number of rotatable bonds is 5. The summed E-state index contributed by atoms with van der Waals surface area (Å²) in [6.45, 7) is 4.27. The van der Waals surface area contributed by atoms with Gasteiger partial charge in [-0.25, -0.2) is 4.98 Å². The Bertz CT molecular complexity index is 714. The van der Waals surface area contributed by atoms with Crippen LogP contribution in [0.2, 0.25) is 10.0 Å². The number of aromatic nitrogens is 1. The van der Waals surface area contributed by atoms with Crippen LogP contribution in [-0.4, -0.2) is 10.7 Å². The summed E-state index contributed by atoms with van der Waals surface area (Å²) < 4.78 is 5.62. The van der Waals surface area contributed by atoms with Crippen molar-refractivity contribution in [2.45, 2.75) is 18.7 Å². The lowest BCUT2D eigenvalue weighted by molar-refractivity contribution is 0.461. The Balaban J connectivity index is 2.18. The molecular formula is C16H14Cl2N2OS. The largest absolute Gasteiger partial charge is 0.439 e. The van der Waals surface area contributed by atoms with E-state index >= 15 is 0 Å². The molecule has 1 aromatic carbocycles. The van der Waals surface area contributed by atoms with Crippen LogP contribution >= 0.6 is 35.0 Å². The summed E-state index contributed by atoms with van der Waals surface area (Å²) >= 11 is 13.4. The maximum Gasteiger partial charge on any atom is 0.220 e. The molecule has 0 unspecified atom stereocenters. The molecule has 0 aliphatic carbocycles. The molecule has 2 aromatic rings. The average Bonchev–Trinajstić information content (AvgIpc) is 2.49. The second kappa shape index (κ2) is 7.73. The molecule has 3 nitrogen and oxygen atoms in total. The number of pyridine rings is 1. The molecule has 1 heterocycles. The lowest BCUT2D eigenvalue weighted by atomic mass is 10.3. The molecule has 0 bridgehead atoms. The third kappa shape index (κ3) is 4.54. The zero-order valence-electron chi connectivity index (χ0n) is 12.1. The number of hydrogen-bond acceptors (Lipinski definition) is 4. The van der Waals surface area contributed by atoms with Gasteiger partial charge in [-0.05, 0) is 24.1 Å². The molecule has 114 valence electrons. The summed E-state index contributed by atoms with van der Waals surface area (Å²) in [4.78, 5) is 5.10. The minimum Gasteiger partial charge on any atom is -0.439 e. The van der Waals surface area contributed by atoms with Gasteiger partial charge in [-0.15, -0.1) is 11.8 Å². The van der Waals surface area contributed by atoms with Crippen molar-refractivity contribution in [2.75, 3.05) is 5.75 Å². The number of nitrogens with zero attached hydrogens (tertiary/aromatic N) is 2. The molecule has 0 saturated carbocycles. The lowest BCUT2D eigenvalue weighted by Gasteiger charge is -2.09. The normalized spacial score (nSPS) is 10.5. The van der Waals surface area contributed by atoms with Gasteiger partial charge in [-0.1, -0.05) is 37.0 Å². The number of ether oxygens (including phenoxy) is 1. The Hall–Kier alpha value is -1.41. The van der Waals surface area contributed by atoms with Gasteiger partial charge in [0.1, 0.15) is 11.8 Å². The highest BCUT2D eigenvalue weighted by atomic mass is 35.5. The van der Waals surface area contributed by atoms with E-state index < -0.39 is 0 Å². The Morgan fingerprint density at radius 3 is 2.64 bits per heavy atom. The van der Waals surface area contributed by atoms with Crippen LogP contribution in [-0.2, 0) is 0 Å². The van der Waals surface area contributed by atoms with Gasteiger partial charge in [0.2, 0.25) is 5.88 Å². The fourth-order valence-electron chi connectivity index (χ4n) is 1.60. The molecule has 0 fully saturated rings. The minimum absolute atomic E-state index is 0.351. The van der Waals surface area contributed by atoms with Crippen LogP contribution < -0.4 is 4.74 Å². The highest BCUT2D eigenvalue weighted by Crippen LogP contribution is 2.30. The fraction of sp³-hybridized carbons (Fsp3) is 0.250. The van der Waals surface area contributed by atoms with Crippen LogP contribution in [0.5, 0.6) is 11.6 Å². The summed E-state index contributed by atoms with van der Waals surface area (Å²) in [5, 5.41) is 10.1. The number of halogens is 2. The molecule has 2 rings (SSSR count). The predicted octanol–water partition coefficient (Wildman–Crippen LogP) is 5.80. The highest BCUT2D eigenvalue weighted by Gasteiger charge is 2.09. The molecule has 0 saturated heterocycles. The van der Waals surface area contributed by atoms with E-state index in [0.717, 1.165) is 10.6 Å². The van der Waals surface area contributed by atoms with E-state index in [-0.39, 0.29) is 0 Å². The van der Waals surface area contributed by atoms with Crippen LogP contribution in [0, 0.1) is 17.2 Å². The first-order valence-electron chi connectivity index (χ1n) is 6.66. The zero-order valence-corrected chi connectivity index (χ0v) is 14.5. The lowest BCUT2D eigenvalue weighted by Crippen LogP contribution is -1.95. The summed E-state index contributed by atoms with van der Waals surface area (Å²) in [6.07, 6.45) is 0. The molecule has 6 heteroatoms. The Labute approximate surface area is 144 Å². The first kappa shape index (κ1) is 17.0. The number of thioether (sulfide) groups is 1. The van der Waals surface area contributed by atoms with Crippen molar-refractivity contribution in [3.05, 3.63) is 46.1 Å². The van der Waals surface area contributed by atoms with Crippen molar-refractivity contribution < 1.29 is 4.74 Å². The molecule has 0 radical (unpaired) electrons. The molecule has 0 spiro atoms. The van der Waals surface area contributed by atoms with Crippen LogP contribution in [0.15, 0.2) is 35.2 Å². The van der Waals surface area contributed by atoms with Crippen molar-refractivity contribution >= 4 is 35.0 Å². The Kier molecular flexibility index (Phi) is 5.96. The predicted molar refractivity (Wildman–Crippen MR) is 91.1 cm³/mol. The standard InChI is InChI=1S/C16H14Cl2N2OS/c1-10(2)9-22-15-5-6-16(20-14(15)8-19)21-11-3-4-12(17)13(18)7-11/h3-7,10H,9H2,1-2H3. The minimum atomic E-state index is 0.351. The molecular weight excluding hydrogens is 339 g/mol. The zero-order chi connectivity index (χ0) is 16.1. The van der Waals surface area contributed by atoms with Crippen LogP contribution in [0.25, 0.3) is 0 Å². The third-order valence-corrected chi connectivity index (χ3v) is 4.84. The van der Waals surface area contributed by atoms with Gasteiger partial charge in [0.15, 0.2) is 5.69 Å². The molecule has 0 N–H and O–H groups in total. The maximum absolute atomic E-state index is 9.23. The van der Waals surface area contributed by atoms with E-state index in [9.17, 15) is 5.26 Å². The summed E-state index contributed by atoms with van der Waals surface area (Å²) in [5.74, 6) is 2.35. The molecule has 1 aromatic heterocycles. The van der Waals surface area contributed by atoms with Crippen molar-refractivity contribution in [1.29, 1.82) is 5.26 Å². The fourth-order valence-corrected chi connectivity index (χ4v) is 2.79. The maximum atomic E-state index is 9.23. The topological polar surface area (TPSA) is 45.9 Å². The van der Waals surface area contributed by atoms with Gasteiger partial charge in [-0.3, -0.25) is 0 Å². The summed E-state index contributed by atoms with van der Waals surface area (Å²) in [6, 6.07) is 10.7. The molecule has 0 aliphatic rings.